The lowest BCUT2D eigenvalue weighted by molar-refractivity contribution is -0.123. The van der Waals surface area contributed by atoms with E-state index in [4.69, 9.17) is 10.5 Å². The summed E-state index contributed by atoms with van der Waals surface area (Å²) >= 11 is 0. The number of ether oxygens (including phenoxy) is 1. The minimum atomic E-state index is -0.985. The molecule has 0 saturated heterocycles. The van der Waals surface area contributed by atoms with Crippen molar-refractivity contribution in [3.63, 3.8) is 0 Å². The van der Waals surface area contributed by atoms with Gasteiger partial charge in [0.15, 0.2) is 6.61 Å². The lowest BCUT2D eigenvalue weighted by Gasteiger charge is -2.24. The maximum absolute atomic E-state index is 12.7. The van der Waals surface area contributed by atoms with Crippen LogP contribution in [0.1, 0.15) is 35.0 Å². The Morgan fingerprint density at radius 3 is 2.84 bits per heavy atom. The van der Waals surface area contributed by atoms with Gasteiger partial charge in [-0.2, -0.15) is 0 Å². The van der Waals surface area contributed by atoms with Gasteiger partial charge in [0, 0.05) is 11.1 Å². The molecular formula is C18H19N3O4. The first-order valence-corrected chi connectivity index (χ1v) is 8.12. The number of nitrogens with two attached hydrogens (primary N) is 1. The van der Waals surface area contributed by atoms with Gasteiger partial charge in [-0.25, -0.2) is 9.59 Å². The average Bonchev–Trinajstić information content (AvgIpc) is 2.57. The molecule has 1 unspecified atom stereocenters. The van der Waals surface area contributed by atoms with Gasteiger partial charge in [-0.1, -0.05) is 25.1 Å². The number of primary amides is 1. The van der Waals surface area contributed by atoms with E-state index in [0.29, 0.717) is 16.9 Å². The zero-order valence-corrected chi connectivity index (χ0v) is 13.9. The van der Waals surface area contributed by atoms with E-state index >= 15 is 0 Å². The van der Waals surface area contributed by atoms with Crippen molar-refractivity contribution < 1.29 is 19.1 Å². The van der Waals surface area contributed by atoms with Crippen LogP contribution in [0.3, 0.4) is 0 Å². The number of pyridine rings is 1. The number of imide groups is 1. The van der Waals surface area contributed by atoms with Gasteiger partial charge < -0.3 is 10.5 Å². The topological polar surface area (TPSA) is 111 Å². The largest absolute Gasteiger partial charge is 0.452 e. The van der Waals surface area contributed by atoms with Crippen molar-refractivity contribution in [2.24, 2.45) is 11.7 Å². The molecule has 1 atom stereocenters. The highest BCUT2D eigenvalue weighted by molar-refractivity contribution is 6.06. The first-order chi connectivity index (χ1) is 12.0. The molecule has 1 aromatic heterocycles. The number of esters is 1. The van der Waals surface area contributed by atoms with Crippen LogP contribution in [0.5, 0.6) is 0 Å². The van der Waals surface area contributed by atoms with Crippen molar-refractivity contribution in [1.29, 1.82) is 0 Å². The molecule has 25 heavy (non-hydrogen) atoms. The van der Waals surface area contributed by atoms with Gasteiger partial charge in [0.25, 0.3) is 5.91 Å². The molecule has 0 saturated carbocycles. The number of carbonyl (C=O) groups is 3. The van der Waals surface area contributed by atoms with Gasteiger partial charge in [-0.15, -0.1) is 0 Å². The Hall–Kier alpha value is -2.96. The molecule has 1 heterocycles. The molecule has 0 radical (unpaired) electrons. The van der Waals surface area contributed by atoms with Crippen LogP contribution >= 0.6 is 0 Å². The summed E-state index contributed by atoms with van der Waals surface area (Å²) in [6.45, 7) is 1.57. The minimum absolute atomic E-state index is 0.445. The summed E-state index contributed by atoms with van der Waals surface area (Å²) in [6, 6.07) is 6.38. The van der Waals surface area contributed by atoms with Crippen LogP contribution in [0.15, 0.2) is 24.3 Å². The van der Waals surface area contributed by atoms with Crippen LogP contribution in [0.2, 0.25) is 0 Å². The van der Waals surface area contributed by atoms with Gasteiger partial charge in [-0.3, -0.25) is 15.1 Å². The zero-order chi connectivity index (χ0) is 18.0. The lowest BCUT2D eigenvalue weighted by atomic mass is 9.84. The van der Waals surface area contributed by atoms with Crippen molar-refractivity contribution in [2.75, 3.05) is 6.61 Å². The number of rotatable bonds is 3. The highest BCUT2D eigenvalue weighted by atomic mass is 16.5. The van der Waals surface area contributed by atoms with E-state index in [9.17, 15) is 14.4 Å². The van der Waals surface area contributed by atoms with E-state index in [0.717, 1.165) is 36.0 Å². The van der Waals surface area contributed by atoms with Crippen molar-refractivity contribution in [1.82, 2.24) is 10.3 Å². The molecule has 7 nitrogen and oxygen atoms in total. The number of benzene rings is 1. The normalized spacial score (nSPS) is 16.1. The molecule has 7 heteroatoms. The number of amides is 3. The predicted molar refractivity (Wildman–Crippen MR) is 90.9 cm³/mol. The molecule has 3 amide bonds. The molecule has 130 valence electrons. The highest BCUT2D eigenvalue weighted by Gasteiger charge is 2.26. The number of nitrogens with one attached hydrogen (secondary N) is 1. The third kappa shape index (κ3) is 3.60. The Morgan fingerprint density at radius 1 is 1.32 bits per heavy atom. The number of hydrogen-bond acceptors (Lipinski definition) is 5. The molecule has 0 bridgehead atoms. The SMILES string of the molecule is CC1CCc2nc3ccccc3c(C(=O)OCC(=O)NC(N)=O)c2C1. The van der Waals surface area contributed by atoms with Gasteiger partial charge in [0.2, 0.25) is 0 Å². The summed E-state index contributed by atoms with van der Waals surface area (Å²) in [7, 11) is 0. The summed E-state index contributed by atoms with van der Waals surface area (Å²) in [4.78, 5) is 39.5. The smallest absolute Gasteiger partial charge is 0.339 e. The lowest BCUT2D eigenvalue weighted by Crippen LogP contribution is -2.37. The number of fused-ring (bicyclic) bond motifs is 2. The van der Waals surface area contributed by atoms with Crippen molar-refractivity contribution >= 4 is 28.8 Å². The van der Waals surface area contributed by atoms with E-state index in [1.807, 2.05) is 29.6 Å². The Labute approximate surface area is 144 Å². The molecule has 0 aliphatic heterocycles. The number of aryl methyl sites for hydroxylation is 1. The zero-order valence-electron chi connectivity index (χ0n) is 13.9. The fraction of sp³-hybridized carbons (Fsp3) is 0.333. The van der Waals surface area contributed by atoms with Gasteiger partial charge in [-0.05, 0) is 36.8 Å². The van der Waals surface area contributed by atoms with Crippen LogP contribution in [0.25, 0.3) is 10.9 Å². The molecule has 3 rings (SSSR count). The molecule has 2 aromatic rings. The summed E-state index contributed by atoms with van der Waals surface area (Å²) in [5.74, 6) is -0.912. The van der Waals surface area contributed by atoms with Gasteiger partial charge in [0.1, 0.15) is 0 Å². The van der Waals surface area contributed by atoms with Gasteiger partial charge >= 0.3 is 12.0 Å². The second-order valence-corrected chi connectivity index (χ2v) is 6.27. The van der Waals surface area contributed by atoms with Crippen molar-refractivity contribution in [3.8, 4) is 0 Å². The highest BCUT2D eigenvalue weighted by Crippen LogP contribution is 2.31. The Balaban J connectivity index is 1.96. The average molecular weight is 341 g/mol. The minimum Gasteiger partial charge on any atom is -0.452 e. The third-order valence-corrected chi connectivity index (χ3v) is 4.31. The Bertz CT molecular complexity index is 863. The van der Waals surface area contributed by atoms with E-state index in [2.05, 4.69) is 11.9 Å². The summed E-state index contributed by atoms with van der Waals surface area (Å²) in [5, 5.41) is 2.57. The number of aromatic nitrogens is 1. The van der Waals surface area contributed by atoms with Crippen LogP contribution in [-0.4, -0.2) is 29.5 Å². The van der Waals surface area contributed by atoms with Crippen LogP contribution in [0, 0.1) is 5.92 Å². The van der Waals surface area contributed by atoms with E-state index < -0.39 is 24.5 Å². The van der Waals surface area contributed by atoms with Crippen LogP contribution in [0.4, 0.5) is 4.79 Å². The van der Waals surface area contributed by atoms with Crippen LogP contribution < -0.4 is 11.1 Å². The number of urea groups is 1. The standard InChI is InChI=1S/C18H19N3O4/c1-10-6-7-14-12(8-10)16(11-4-2-3-5-13(11)20-14)17(23)25-9-15(22)21-18(19)24/h2-5,10H,6-9H2,1H3,(H3,19,21,22,24). The number of carbonyl (C=O) groups excluding carboxylic acids is 3. The molecule has 0 spiro atoms. The molecule has 1 aliphatic carbocycles. The first kappa shape index (κ1) is 16.9. The third-order valence-electron chi connectivity index (χ3n) is 4.31. The first-order valence-electron chi connectivity index (χ1n) is 8.12. The second kappa shape index (κ2) is 6.88. The molecular weight excluding hydrogens is 322 g/mol. The van der Waals surface area contributed by atoms with Crippen molar-refractivity contribution in [3.05, 3.63) is 41.1 Å². The molecule has 1 aromatic carbocycles. The summed E-state index contributed by atoms with van der Waals surface area (Å²) in [5.41, 5.74) is 7.85. The summed E-state index contributed by atoms with van der Waals surface area (Å²) < 4.78 is 5.11. The number of hydrogen-bond donors (Lipinski definition) is 2. The molecule has 3 N–H and O–H groups in total. The number of para-hydroxylation sites is 1. The fourth-order valence-electron chi connectivity index (χ4n) is 3.17. The van der Waals surface area contributed by atoms with E-state index in [1.54, 1.807) is 0 Å². The van der Waals surface area contributed by atoms with Gasteiger partial charge in [0.05, 0.1) is 11.1 Å². The molecule has 1 aliphatic rings. The van der Waals surface area contributed by atoms with Crippen molar-refractivity contribution in [2.45, 2.75) is 26.2 Å². The summed E-state index contributed by atoms with van der Waals surface area (Å²) in [6.07, 6.45) is 2.57. The van der Waals surface area contributed by atoms with E-state index in [-0.39, 0.29) is 0 Å². The Kier molecular flexibility index (Phi) is 4.65. The number of nitrogens with zero attached hydrogens (tertiary/aromatic N) is 1. The van der Waals surface area contributed by atoms with E-state index in [1.165, 1.54) is 0 Å². The maximum atomic E-state index is 12.7. The predicted octanol–water partition coefficient (Wildman–Crippen LogP) is 1.71. The maximum Gasteiger partial charge on any atom is 0.339 e. The van der Waals surface area contributed by atoms with Crippen LogP contribution in [-0.2, 0) is 22.4 Å². The molecule has 0 fully saturated rings. The Morgan fingerprint density at radius 2 is 2.08 bits per heavy atom. The quantitative estimate of drug-likeness (QED) is 0.826. The monoisotopic (exact) mass is 341 g/mol. The fourth-order valence-corrected chi connectivity index (χ4v) is 3.17. The second-order valence-electron chi connectivity index (χ2n) is 6.27.